The number of piperidine rings is 1. The molecule has 0 unspecified atom stereocenters. The molecule has 1 aliphatic heterocycles. The van der Waals surface area contributed by atoms with Crippen molar-refractivity contribution in [3.8, 4) is 11.5 Å². The first-order valence-electron chi connectivity index (χ1n) is 9.45. The number of likely N-dealkylation sites (tertiary alicyclic amines) is 1. The highest BCUT2D eigenvalue weighted by atomic mass is 16.5. The predicted molar refractivity (Wildman–Crippen MR) is 103 cm³/mol. The second kappa shape index (κ2) is 7.92. The Morgan fingerprint density at radius 1 is 1.15 bits per heavy atom. The molecule has 2 aromatic heterocycles. The molecule has 1 aliphatic rings. The molecule has 1 aromatic carbocycles. The summed E-state index contributed by atoms with van der Waals surface area (Å²) in [6.45, 7) is 5.62. The summed E-state index contributed by atoms with van der Waals surface area (Å²) in [4.78, 5) is 11.2. The first kappa shape index (κ1) is 17.7. The zero-order valence-corrected chi connectivity index (χ0v) is 15.8. The number of benzene rings is 1. The van der Waals surface area contributed by atoms with Gasteiger partial charge in [-0.3, -0.25) is 10.00 Å². The minimum Gasteiger partial charge on any atom is -0.493 e. The molecule has 0 bridgehead atoms. The van der Waals surface area contributed by atoms with Crippen molar-refractivity contribution >= 4 is 11.2 Å². The minimum absolute atomic E-state index is 0.456. The van der Waals surface area contributed by atoms with Crippen LogP contribution in [0.4, 0.5) is 0 Å². The smallest absolute Gasteiger partial charge is 0.199 e. The molecule has 1 fully saturated rings. The lowest BCUT2D eigenvalue weighted by Crippen LogP contribution is -2.32. The van der Waals surface area contributed by atoms with E-state index in [1.807, 2.05) is 13.0 Å². The zero-order valence-electron chi connectivity index (χ0n) is 15.8. The normalized spacial score (nSPS) is 15.9. The highest BCUT2D eigenvalue weighted by molar-refractivity contribution is 5.72. The Balaban J connectivity index is 1.40. The van der Waals surface area contributed by atoms with Crippen LogP contribution in [0.2, 0.25) is 0 Å². The van der Waals surface area contributed by atoms with Crippen molar-refractivity contribution in [2.45, 2.75) is 32.2 Å². The summed E-state index contributed by atoms with van der Waals surface area (Å²) < 4.78 is 11.1. The predicted octanol–water partition coefficient (Wildman–Crippen LogP) is 3.14. The van der Waals surface area contributed by atoms with Crippen LogP contribution >= 0.6 is 0 Å². The van der Waals surface area contributed by atoms with Crippen molar-refractivity contribution in [1.29, 1.82) is 0 Å². The summed E-state index contributed by atoms with van der Waals surface area (Å²) in [6.07, 6.45) is 5.59. The summed E-state index contributed by atoms with van der Waals surface area (Å²) >= 11 is 0. The number of hydrogen-bond acceptors (Lipinski definition) is 6. The van der Waals surface area contributed by atoms with Gasteiger partial charge in [-0.1, -0.05) is 6.07 Å². The van der Waals surface area contributed by atoms with E-state index in [0.29, 0.717) is 18.2 Å². The molecule has 0 spiro atoms. The number of methoxy groups -OCH3 is 1. The van der Waals surface area contributed by atoms with E-state index in [0.717, 1.165) is 55.2 Å². The number of H-pyrrole nitrogens is 1. The molecule has 3 heterocycles. The van der Waals surface area contributed by atoms with Crippen LogP contribution < -0.4 is 9.47 Å². The molecule has 27 heavy (non-hydrogen) atoms. The number of hydrogen-bond donors (Lipinski definition) is 1. The van der Waals surface area contributed by atoms with Gasteiger partial charge >= 0.3 is 0 Å². The summed E-state index contributed by atoms with van der Waals surface area (Å²) in [5.41, 5.74) is 3.99. The van der Waals surface area contributed by atoms with E-state index in [2.05, 4.69) is 37.2 Å². The zero-order chi connectivity index (χ0) is 18.6. The average Bonchev–Trinajstić information content (AvgIpc) is 3.13. The fraction of sp³-hybridized carbons (Fsp3) is 0.450. The van der Waals surface area contributed by atoms with Gasteiger partial charge in [0, 0.05) is 24.9 Å². The van der Waals surface area contributed by atoms with E-state index in [9.17, 15) is 0 Å². The number of rotatable bonds is 6. The number of aromatic nitrogens is 4. The van der Waals surface area contributed by atoms with Crippen LogP contribution in [0.25, 0.3) is 11.2 Å². The van der Waals surface area contributed by atoms with Crippen LogP contribution in [-0.2, 0) is 6.54 Å². The third-order valence-corrected chi connectivity index (χ3v) is 5.15. The molecule has 7 heteroatoms. The van der Waals surface area contributed by atoms with E-state index >= 15 is 0 Å². The molecule has 3 aromatic rings. The molecule has 1 N–H and O–H groups in total. The number of fused-ring (bicyclic) bond motifs is 1. The molecule has 0 radical (unpaired) electrons. The first-order chi connectivity index (χ1) is 13.3. The number of nitrogens with one attached hydrogen (secondary N) is 1. The van der Waals surface area contributed by atoms with Crippen molar-refractivity contribution in [1.82, 2.24) is 25.1 Å². The van der Waals surface area contributed by atoms with E-state index in [1.165, 1.54) is 5.56 Å². The summed E-state index contributed by atoms with van der Waals surface area (Å²) in [7, 11) is 1.67. The number of nitrogens with zero attached hydrogens (tertiary/aromatic N) is 4. The maximum absolute atomic E-state index is 5.70. The Labute approximate surface area is 158 Å². The Bertz CT molecular complexity index is 902. The van der Waals surface area contributed by atoms with Crippen molar-refractivity contribution in [2.75, 3.05) is 26.8 Å². The molecular weight excluding hydrogens is 342 g/mol. The van der Waals surface area contributed by atoms with Gasteiger partial charge < -0.3 is 9.47 Å². The lowest BCUT2D eigenvalue weighted by Gasteiger charge is -2.31. The topological polar surface area (TPSA) is 76.2 Å². The molecule has 0 atom stereocenters. The summed E-state index contributed by atoms with van der Waals surface area (Å²) in [5.74, 6) is 2.05. The van der Waals surface area contributed by atoms with Crippen LogP contribution in [0.3, 0.4) is 0 Å². The lowest BCUT2D eigenvalue weighted by molar-refractivity contribution is 0.203. The van der Waals surface area contributed by atoms with Gasteiger partial charge in [-0.2, -0.15) is 5.10 Å². The van der Waals surface area contributed by atoms with Gasteiger partial charge in [-0.05, 0) is 50.6 Å². The minimum atomic E-state index is 0.456. The molecule has 0 saturated carbocycles. The largest absolute Gasteiger partial charge is 0.493 e. The van der Waals surface area contributed by atoms with Crippen molar-refractivity contribution in [3.63, 3.8) is 0 Å². The van der Waals surface area contributed by atoms with Crippen LogP contribution in [0.5, 0.6) is 11.5 Å². The van der Waals surface area contributed by atoms with Gasteiger partial charge in [-0.25, -0.2) is 9.97 Å². The van der Waals surface area contributed by atoms with Gasteiger partial charge in [0.05, 0.1) is 19.4 Å². The molecule has 7 nitrogen and oxygen atoms in total. The van der Waals surface area contributed by atoms with Crippen LogP contribution in [0.1, 0.15) is 36.9 Å². The van der Waals surface area contributed by atoms with Crippen molar-refractivity contribution in [3.05, 3.63) is 41.9 Å². The standard InChI is InChI=1S/C20H25N5O2/c1-3-27-17-12-14(4-5-16(17)26-2)13-25-10-6-15(7-11-25)18-19-20(24-23-18)22-9-8-21-19/h4-5,8-9,12,15H,3,6-7,10-11,13H2,1-2H3,(H,22,23,24). The van der Waals surface area contributed by atoms with Crippen LogP contribution in [0.15, 0.2) is 30.6 Å². The van der Waals surface area contributed by atoms with Gasteiger partial charge in [0.15, 0.2) is 17.1 Å². The van der Waals surface area contributed by atoms with E-state index < -0.39 is 0 Å². The highest BCUT2D eigenvalue weighted by Gasteiger charge is 2.24. The molecule has 142 valence electrons. The second-order valence-electron chi connectivity index (χ2n) is 6.83. The molecule has 0 aliphatic carbocycles. The van der Waals surface area contributed by atoms with Gasteiger partial charge in [0.25, 0.3) is 0 Å². The van der Waals surface area contributed by atoms with Crippen LogP contribution in [-0.4, -0.2) is 51.9 Å². The maximum Gasteiger partial charge on any atom is 0.199 e. The van der Waals surface area contributed by atoms with E-state index in [4.69, 9.17) is 9.47 Å². The monoisotopic (exact) mass is 367 g/mol. The lowest BCUT2D eigenvalue weighted by atomic mass is 9.93. The molecular formula is C20H25N5O2. The highest BCUT2D eigenvalue weighted by Crippen LogP contribution is 2.32. The first-order valence-corrected chi connectivity index (χ1v) is 9.45. The number of aromatic amines is 1. The Kier molecular flexibility index (Phi) is 5.20. The Morgan fingerprint density at radius 2 is 1.96 bits per heavy atom. The maximum atomic E-state index is 5.70. The quantitative estimate of drug-likeness (QED) is 0.721. The Morgan fingerprint density at radius 3 is 2.74 bits per heavy atom. The van der Waals surface area contributed by atoms with Gasteiger partial charge in [0.1, 0.15) is 5.52 Å². The number of ether oxygens (including phenoxy) is 2. The van der Waals surface area contributed by atoms with Gasteiger partial charge in [0.2, 0.25) is 0 Å². The average molecular weight is 367 g/mol. The third-order valence-electron chi connectivity index (χ3n) is 5.15. The second-order valence-corrected chi connectivity index (χ2v) is 6.83. The molecule has 0 amide bonds. The summed E-state index contributed by atoms with van der Waals surface area (Å²) in [6, 6.07) is 6.19. The van der Waals surface area contributed by atoms with Crippen molar-refractivity contribution < 1.29 is 9.47 Å². The van der Waals surface area contributed by atoms with Crippen LogP contribution in [0, 0.1) is 0 Å². The van der Waals surface area contributed by atoms with Crippen molar-refractivity contribution in [2.24, 2.45) is 0 Å². The van der Waals surface area contributed by atoms with Gasteiger partial charge in [-0.15, -0.1) is 0 Å². The summed E-state index contributed by atoms with van der Waals surface area (Å²) in [5, 5.41) is 7.44. The molecule has 4 rings (SSSR count). The fourth-order valence-electron chi connectivity index (χ4n) is 3.78. The third kappa shape index (κ3) is 3.73. The Hall–Kier alpha value is -2.67. The van der Waals surface area contributed by atoms with E-state index in [-0.39, 0.29) is 0 Å². The SMILES string of the molecule is CCOc1cc(CN2CCC(c3[nH]nc4nccnc34)CC2)ccc1OC. The van der Waals surface area contributed by atoms with E-state index in [1.54, 1.807) is 19.5 Å². The fourth-order valence-corrected chi connectivity index (χ4v) is 3.78. The molecule has 1 saturated heterocycles.